The number of β-amino-alcohol motifs (C(OH)–C–C–N with tert-alkyl or cyclic N) is 1. The fraction of sp³-hybridized carbons (Fsp3) is 0.577. The van der Waals surface area contributed by atoms with Gasteiger partial charge in [-0.3, -0.25) is 4.79 Å². The van der Waals surface area contributed by atoms with Gasteiger partial charge in [-0.25, -0.2) is 8.78 Å². The third kappa shape index (κ3) is 4.83. The van der Waals surface area contributed by atoms with E-state index in [1.165, 1.54) is 6.20 Å². The minimum Gasteiger partial charge on any atom is -0.391 e. The molecule has 188 valence electrons. The number of aliphatic hydroxyl groups excluding tert-OH is 1. The van der Waals surface area contributed by atoms with Gasteiger partial charge in [-0.1, -0.05) is 13.8 Å². The van der Waals surface area contributed by atoms with Crippen molar-refractivity contribution >= 4 is 11.5 Å². The third-order valence-corrected chi connectivity index (χ3v) is 7.87. The van der Waals surface area contributed by atoms with E-state index in [-0.39, 0.29) is 29.9 Å². The second-order valence-electron chi connectivity index (χ2n) is 10.5. The summed E-state index contributed by atoms with van der Waals surface area (Å²) < 4.78 is 32.9. The van der Waals surface area contributed by atoms with Crippen molar-refractivity contribution in [3.63, 3.8) is 0 Å². The molecule has 1 saturated heterocycles. The Hall–Kier alpha value is -2.81. The van der Waals surface area contributed by atoms with Crippen LogP contribution in [0.3, 0.4) is 0 Å². The average molecular weight is 487 g/mol. The molecule has 9 heteroatoms. The number of carbonyl (C=O) groups excluding carboxylic acids is 1. The summed E-state index contributed by atoms with van der Waals surface area (Å²) in [4.78, 5) is 15.3. The van der Waals surface area contributed by atoms with Crippen LogP contribution in [0.1, 0.15) is 80.0 Å². The van der Waals surface area contributed by atoms with Crippen molar-refractivity contribution in [2.24, 2.45) is 11.8 Å². The van der Waals surface area contributed by atoms with Gasteiger partial charge in [0.2, 0.25) is 17.7 Å². The van der Waals surface area contributed by atoms with Crippen LogP contribution in [0.25, 0.3) is 0 Å². The number of halogens is 2. The lowest BCUT2D eigenvalue weighted by Gasteiger charge is -2.31. The first-order chi connectivity index (χ1) is 16.8. The molecule has 0 bridgehead atoms. The Balaban J connectivity index is 1.36. The Morgan fingerprint density at radius 3 is 2.63 bits per heavy atom. The molecule has 2 aliphatic rings. The largest absolute Gasteiger partial charge is 0.391 e. The standard InChI is InChI=1S/C26H34F2N5O2/c1-17(2)18-3-5-20(6-4-18)31-13-19(23(16-31)26(27)28)11-25(35)24-12-29-33-10-7-21(14-32(24)33)30-9-8-22(34)15-30/h7,10,12-14,16-18,20,22,26,34H,3-6,8-9,11,15H2,1-2H3/q+1/t18?,20?,22-/m1/s1. The van der Waals surface area contributed by atoms with Gasteiger partial charge in [0.05, 0.1) is 18.0 Å². The zero-order valence-corrected chi connectivity index (χ0v) is 20.4. The van der Waals surface area contributed by atoms with E-state index in [0.717, 1.165) is 37.9 Å². The first-order valence-corrected chi connectivity index (χ1v) is 12.6. The fourth-order valence-corrected chi connectivity index (χ4v) is 5.67. The maximum atomic E-state index is 13.9. The number of hydrogen-bond donors (Lipinski definition) is 1. The maximum Gasteiger partial charge on any atom is 0.265 e. The highest BCUT2D eigenvalue weighted by atomic mass is 19.3. The summed E-state index contributed by atoms with van der Waals surface area (Å²) in [7, 11) is 0. The monoisotopic (exact) mass is 486 g/mol. The molecule has 35 heavy (non-hydrogen) atoms. The second kappa shape index (κ2) is 9.68. The van der Waals surface area contributed by atoms with Crippen molar-refractivity contribution in [1.29, 1.82) is 0 Å². The van der Waals surface area contributed by atoms with E-state index in [0.29, 0.717) is 36.1 Å². The lowest BCUT2D eigenvalue weighted by atomic mass is 9.79. The van der Waals surface area contributed by atoms with Gasteiger partial charge in [0.25, 0.3) is 6.43 Å². The quantitative estimate of drug-likeness (QED) is 0.404. The Bertz CT molecular complexity index is 1200. The summed E-state index contributed by atoms with van der Waals surface area (Å²) in [6.07, 6.45) is 10.1. The van der Waals surface area contributed by atoms with Gasteiger partial charge >= 0.3 is 0 Å². The van der Waals surface area contributed by atoms with Crippen LogP contribution in [0.2, 0.25) is 0 Å². The molecule has 1 saturated carbocycles. The number of alkyl halides is 2. The van der Waals surface area contributed by atoms with Crippen molar-refractivity contribution in [2.75, 3.05) is 18.0 Å². The topological polar surface area (TPSA) is 66.9 Å². The van der Waals surface area contributed by atoms with E-state index < -0.39 is 6.43 Å². The molecule has 0 unspecified atom stereocenters. The highest BCUT2D eigenvalue weighted by Gasteiger charge is 2.29. The van der Waals surface area contributed by atoms with Crippen molar-refractivity contribution < 1.29 is 23.2 Å². The zero-order chi connectivity index (χ0) is 24.7. The normalized spacial score (nSPS) is 23.2. The number of ketones is 1. The molecule has 1 aliphatic heterocycles. The first-order valence-electron chi connectivity index (χ1n) is 12.6. The number of aromatic nitrogens is 4. The number of hydrogen-bond acceptors (Lipinski definition) is 4. The number of nitrogens with zero attached hydrogens (tertiary/aromatic N) is 5. The van der Waals surface area contributed by atoms with E-state index in [4.69, 9.17) is 0 Å². The Kier molecular flexibility index (Phi) is 6.61. The van der Waals surface area contributed by atoms with Crippen molar-refractivity contribution in [1.82, 2.24) is 14.3 Å². The summed E-state index contributed by atoms with van der Waals surface area (Å²) >= 11 is 0. The van der Waals surface area contributed by atoms with Crippen LogP contribution >= 0.6 is 0 Å². The highest BCUT2D eigenvalue weighted by Crippen LogP contribution is 2.37. The van der Waals surface area contributed by atoms with Gasteiger partial charge in [0, 0.05) is 48.6 Å². The predicted octanol–water partition coefficient (Wildman–Crippen LogP) is 4.04. The number of carbonyl (C=O) groups is 1. The third-order valence-electron chi connectivity index (χ3n) is 7.87. The van der Waals surface area contributed by atoms with Crippen LogP contribution < -0.4 is 9.42 Å². The smallest absolute Gasteiger partial charge is 0.265 e. The van der Waals surface area contributed by atoms with Crippen LogP contribution in [0.15, 0.2) is 37.1 Å². The summed E-state index contributed by atoms with van der Waals surface area (Å²) in [5, 5.41) is 14.1. The van der Waals surface area contributed by atoms with Crippen molar-refractivity contribution in [3.8, 4) is 0 Å². The van der Waals surface area contributed by atoms with Gasteiger partial charge in [0.1, 0.15) is 6.20 Å². The fourth-order valence-electron chi connectivity index (χ4n) is 5.67. The van der Waals surface area contributed by atoms with Crippen LogP contribution in [0, 0.1) is 11.8 Å². The van der Waals surface area contributed by atoms with Gasteiger partial charge < -0.3 is 14.6 Å². The molecule has 7 nitrogen and oxygen atoms in total. The first kappa shape index (κ1) is 23.9. The van der Waals surface area contributed by atoms with Crippen molar-refractivity contribution in [3.05, 3.63) is 53.9 Å². The molecule has 0 amide bonds. The van der Waals surface area contributed by atoms with E-state index in [1.807, 2.05) is 16.8 Å². The molecule has 4 heterocycles. The number of rotatable bonds is 7. The van der Waals surface area contributed by atoms with E-state index in [9.17, 15) is 18.7 Å². The minimum absolute atomic E-state index is 0.0578. The molecule has 3 aromatic rings. The van der Waals surface area contributed by atoms with E-state index in [1.54, 1.807) is 27.7 Å². The minimum atomic E-state index is -2.63. The zero-order valence-electron chi connectivity index (χ0n) is 20.4. The number of fused-ring (bicyclic) bond motifs is 1. The summed E-state index contributed by atoms with van der Waals surface area (Å²) in [5.74, 6) is 1.08. The number of Topliss-reactive ketones (excluding diaryl/α,β-unsaturated/α-hetero) is 1. The molecular formula is C26H34F2N5O2+. The highest BCUT2D eigenvalue weighted by molar-refractivity contribution is 5.94. The number of anilines is 1. The van der Waals surface area contributed by atoms with Gasteiger partial charge in [-0.05, 0) is 60.2 Å². The molecule has 0 spiro atoms. The Labute approximate surface area is 204 Å². The summed E-state index contributed by atoms with van der Waals surface area (Å²) in [6, 6.07) is 2.10. The summed E-state index contributed by atoms with van der Waals surface area (Å²) in [6.45, 7) is 5.77. The van der Waals surface area contributed by atoms with E-state index in [2.05, 4.69) is 23.8 Å². The molecule has 0 radical (unpaired) electrons. The molecule has 3 aromatic heterocycles. The molecule has 2 fully saturated rings. The molecule has 0 aromatic carbocycles. The average Bonchev–Trinajstić information content (AvgIpc) is 3.56. The molecule has 1 N–H and O–H groups in total. The summed E-state index contributed by atoms with van der Waals surface area (Å²) in [5.41, 5.74) is 1.55. The van der Waals surface area contributed by atoms with Gasteiger partial charge in [-0.15, -0.1) is 4.52 Å². The maximum absolute atomic E-state index is 13.9. The second-order valence-corrected chi connectivity index (χ2v) is 10.5. The van der Waals surface area contributed by atoms with Gasteiger partial charge in [0.15, 0.2) is 0 Å². The molecular weight excluding hydrogens is 452 g/mol. The van der Waals surface area contributed by atoms with Crippen molar-refractivity contribution in [2.45, 2.75) is 70.9 Å². The number of aliphatic hydroxyl groups is 1. The molecule has 1 atom stereocenters. The lowest BCUT2D eigenvalue weighted by Crippen LogP contribution is -2.36. The van der Waals surface area contributed by atoms with Crippen LogP contribution in [0.5, 0.6) is 0 Å². The Morgan fingerprint density at radius 2 is 1.97 bits per heavy atom. The van der Waals surface area contributed by atoms with Crippen LogP contribution in [0.4, 0.5) is 14.5 Å². The predicted molar refractivity (Wildman–Crippen MR) is 127 cm³/mol. The molecule has 1 aliphatic carbocycles. The van der Waals surface area contributed by atoms with Crippen LogP contribution in [-0.2, 0) is 6.42 Å². The SMILES string of the molecule is CC(C)C1CCC(n2cc(CC(=O)c3cnn4ccc(N5CC[C@@H](O)C5)c[n+]34)c(C(F)F)c2)CC1. The lowest BCUT2D eigenvalue weighted by molar-refractivity contribution is -0.624. The van der Waals surface area contributed by atoms with Crippen LogP contribution in [-0.4, -0.2) is 44.4 Å². The molecule has 5 rings (SSSR count). The van der Waals surface area contributed by atoms with Gasteiger partial charge in [-0.2, -0.15) is 0 Å². The Morgan fingerprint density at radius 1 is 1.20 bits per heavy atom. The van der Waals surface area contributed by atoms with E-state index >= 15 is 0 Å².